The molecule has 0 aliphatic rings. The topological polar surface area (TPSA) is 96.7 Å². The number of carbonyl (C=O) groups is 2. The van der Waals surface area contributed by atoms with Crippen LogP contribution in [-0.4, -0.2) is 48.8 Å². The number of carbonyl (C=O) groups excluding carboxylic acids is 2. The van der Waals surface area contributed by atoms with Crippen molar-refractivity contribution in [2.75, 3.05) is 37.4 Å². The summed E-state index contributed by atoms with van der Waals surface area (Å²) in [5.74, 6) is 0.225. The van der Waals surface area contributed by atoms with Crippen LogP contribution in [-0.2, 0) is 15.7 Å². The lowest BCUT2D eigenvalue weighted by atomic mass is 10.2. The number of alkyl halides is 3. The summed E-state index contributed by atoms with van der Waals surface area (Å²) >= 11 is 0. The molecule has 2 rings (SSSR count). The van der Waals surface area contributed by atoms with Gasteiger partial charge in [-0.3, -0.25) is 4.79 Å². The van der Waals surface area contributed by atoms with Gasteiger partial charge in [-0.2, -0.15) is 13.2 Å². The molecule has 0 spiro atoms. The first-order valence-electron chi connectivity index (χ1n) is 8.64. The van der Waals surface area contributed by atoms with Crippen LogP contribution in [0.1, 0.15) is 17.7 Å². The predicted molar refractivity (Wildman–Crippen MR) is 98.4 cm³/mol. The molecule has 8 nitrogen and oxygen atoms in total. The van der Waals surface area contributed by atoms with Gasteiger partial charge in [0.05, 0.1) is 5.56 Å². The van der Waals surface area contributed by atoms with Crippen LogP contribution in [0.15, 0.2) is 34.9 Å². The standard InChI is InChI=1S/C18H21F3N4O4/c1-12-10-15(24-29-12)23-16(26)11-25(8-3-9-28-2)17(27)22-14-6-4-13(5-7-14)18(19,20)21/h4-7,10H,3,8-9,11H2,1-2H3,(H,22,27)(H,23,24,26). The summed E-state index contributed by atoms with van der Waals surface area (Å²) in [6.45, 7) is 1.94. The number of nitrogens with zero attached hydrogens (tertiary/aromatic N) is 2. The molecule has 2 N–H and O–H groups in total. The Hall–Kier alpha value is -3.08. The van der Waals surface area contributed by atoms with E-state index in [1.807, 2.05) is 0 Å². The average Bonchev–Trinajstić information content (AvgIpc) is 3.05. The SMILES string of the molecule is COCCCN(CC(=O)Nc1cc(C)on1)C(=O)Nc1ccc(C(F)(F)F)cc1. The lowest BCUT2D eigenvalue weighted by Crippen LogP contribution is -2.41. The maximum absolute atomic E-state index is 12.6. The van der Waals surface area contributed by atoms with Crippen molar-refractivity contribution in [2.24, 2.45) is 0 Å². The number of ether oxygens (including phenoxy) is 1. The molecule has 11 heteroatoms. The maximum Gasteiger partial charge on any atom is 0.416 e. The van der Waals surface area contributed by atoms with Crippen molar-refractivity contribution in [3.63, 3.8) is 0 Å². The van der Waals surface area contributed by atoms with Gasteiger partial charge in [0.25, 0.3) is 0 Å². The largest absolute Gasteiger partial charge is 0.416 e. The van der Waals surface area contributed by atoms with Crippen LogP contribution in [0.5, 0.6) is 0 Å². The number of benzene rings is 1. The molecule has 3 amide bonds. The van der Waals surface area contributed by atoms with Gasteiger partial charge in [-0.1, -0.05) is 5.16 Å². The van der Waals surface area contributed by atoms with E-state index in [9.17, 15) is 22.8 Å². The molecule has 0 atom stereocenters. The summed E-state index contributed by atoms with van der Waals surface area (Å²) in [5, 5.41) is 8.63. The Labute approximate surface area is 165 Å². The fourth-order valence-electron chi connectivity index (χ4n) is 2.38. The van der Waals surface area contributed by atoms with Gasteiger partial charge < -0.3 is 24.8 Å². The number of rotatable bonds is 8. The Morgan fingerprint density at radius 1 is 1.21 bits per heavy atom. The van der Waals surface area contributed by atoms with Crippen molar-refractivity contribution in [2.45, 2.75) is 19.5 Å². The van der Waals surface area contributed by atoms with E-state index in [1.54, 1.807) is 6.92 Å². The summed E-state index contributed by atoms with van der Waals surface area (Å²) in [6, 6.07) is 4.91. The van der Waals surface area contributed by atoms with E-state index in [4.69, 9.17) is 9.26 Å². The highest BCUT2D eigenvalue weighted by Gasteiger charge is 2.30. The molecular formula is C18H21F3N4O4. The number of methoxy groups -OCH3 is 1. The number of anilines is 2. The van der Waals surface area contributed by atoms with Crippen molar-refractivity contribution >= 4 is 23.4 Å². The second kappa shape index (κ2) is 9.92. The fourth-order valence-corrected chi connectivity index (χ4v) is 2.38. The summed E-state index contributed by atoms with van der Waals surface area (Å²) < 4.78 is 47.7. The van der Waals surface area contributed by atoms with E-state index in [-0.39, 0.29) is 24.6 Å². The minimum absolute atomic E-state index is 0.173. The first-order chi connectivity index (χ1) is 13.7. The quantitative estimate of drug-likeness (QED) is 0.645. The third kappa shape index (κ3) is 7.11. The van der Waals surface area contributed by atoms with E-state index < -0.39 is 23.7 Å². The molecule has 0 bridgehead atoms. The minimum Gasteiger partial charge on any atom is -0.385 e. The van der Waals surface area contributed by atoms with Crippen LogP contribution in [0, 0.1) is 6.92 Å². The van der Waals surface area contributed by atoms with Gasteiger partial charge in [0.2, 0.25) is 5.91 Å². The normalized spacial score (nSPS) is 11.2. The molecule has 0 radical (unpaired) electrons. The smallest absolute Gasteiger partial charge is 0.385 e. The van der Waals surface area contributed by atoms with Gasteiger partial charge in [0.15, 0.2) is 5.82 Å². The van der Waals surface area contributed by atoms with Crippen LogP contribution in [0.4, 0.5) is 29.5 Å². The van der Waals surface area contributed by atoms with E-state index in [0.29, 0.717) is 18.8 Å². The fraction of sp³-hybridized carbons (Fsp3) is 0.389. The van der Waals surface area contributed by atoms with Crippen molar-refractivity contribution < 1.29 is 32.0 Å². The Morgan fingerprint density at radius 3 is 2.45 bits per heavy atom. The highest BCUT2D eigenvalue weighted by molar-refractivity contribution is 5.96. The molecule has 2 aromatic rings. The number of aryl methyl sites for hydroxylation is 1. The Kier molecular flexibility index (Phi) is 7.59. The molecule has 29 heavy (non-hydrogen) atoms. The summed E-state index contributed by atoms with van der Waals surface area (Å²) in [5.41, 5.74) is -0.651. The molecule has 0 fully saturated rings. The van der Waals surface area contributed by atoms with Gasteiger partial charge in [0.1, 0.15) is 12.3 Å². The van der Waals surface area contributed by atoms with E-state index >= 15 is 0 Å². The Morgan fingerprint density at radius 2 is 1.90 bits per heavy atom. The number of halogens is 3. The number of hydrogen-bond acceptors (Lipinski definition) is 5. The van der Waals surface area contributed by atoms with Crippen molar-refractivity contribution in [1.29, 1.82) is 0 Å². The van der Waals surface area contributed by atoms with Gasteiger partial charge in [-0.05, 0) is 37.6 Å². The monoisotopic (exact) mass is 414 g/mol. The zero-order chi connectivity index (χ0) is 21.4. The summed E-state index contributed by atoms with van der Waals surface area (Å²) in [6.07, 6.45) is -4.00. The zero-order valence-corrected chi connectivity index (χ0v) is 15.9. The van der Waals surface area contributed by atoms with Crippen LogP contribution >= 0.6 is 0 Å². The second-order valence-electron chi connectivity index (χ2n) is 6.14. The maximum atomic E-state index is 12.6. The molecule has 0 saturated heterocycles. The molecule has 1 aromatic heterocycles. The van der Waals surface area contributed by atoms with Crippen molar-refractivity contribution in [1.82, 2.24) is 10.1 Å². The number of amides is 3. The molecule has 1 heterocycles. The summed E-state index contributed by atoms with van der Waals surface area (Å²) in [4.78, 5) is 25.9. The zero-order valence-electron chi connectivity index (χ0n) is 15.9. The number of nitrogens with one attached hydrogen (secondary N) is 2. The first kappa shape index (κ1) is 22.2. The lowest BCUT2D eigenvalue weighted by Gasteiger charge is -2.22. The molecule has 158 valence electrons. The molecule has 0 aliphatic carbocycles. The van der Waals surface area contributed by atoms with E-state index in [0.717, 1.165) is 24.3 Å². The predicted octanol–water partition coefficient (Wildman–Crippen LogP) is 3.51. The van der Waals surface area contributed by atoms with Crippen LogP contribution in [0.2, 0.25) is 0 Å². The Bertz CT molecular complexity index is 821. The van der Waals surface area contributed by atoms with Gasteiger partial charge in [0, 0.05) is 32.0 Å². The van der Waals surface area contributed by atoms with Crippen LogP contribution in [0.3, 0.4) is 0 Å². The van der Waals surface area contributed by atoms with Gasteiger partial charge in [-0.25, -0.2) is 4.79 Å². The average molecular weight is 414 g/mol. The molecule has 1 aromatic carbocycles. The van der Waals surface area contributed by atoms with Gasteiger partial charge >= 0.3 is 12.2 Å². The second-order valence-corrected chi connectivity index (χ2v) is 6.14. The van der Waals surface area contributed by atoms with Gasteiger partial charge in [-0.15, -0.1) is 0 Å². The molecule has 0 unspecified atom stereocenters. The third-order valence-electron chi connectivity index (χ3n) is 3.76. The number of hydrogen-bond donors (Lipinski definition) is 2. The first-order valence-corrected chi connectivity index (χ1v) is 8.64. The highest BCUT2D eigenvalue weighted by atomic mass is 19.4. The van der Waals surface area contributed by atoms with E-state index in [2.05, 4.69) is 15.8 Å². The van der Waals surface area contributed by atoms with Crippen LogP contribution in [0.25, 0.3) is 0 Å². The third-order valence-corrected chi connectivity index (χ3v) is 3.76. The minimum atomic E-state index is -4.47. The van der Waals surface area contributed by atoms with E-state index in [1.165, 1.54) is 18.1 Å². The lowest BCUT2D eigenvalue weighted by molar-refractivity contribution is -0.137. The molecule has 0 aliphatic heterocycles. The van der Waals surface area contributed by atoms with Crippen molar-refractivity contribution in [3.8, 4) is 0 Å². The van der Waals surface area contributed by atoms with Crippen LogP contribution < -0.4 is 10.6 Å². The number of urea groups is 1. The molecular weight excluding hydrogens is 393 g/mol. The number of aromatic nitrogens is 1. The highest BCUT2D eigenvalue weighted by Crippen LogP contribution is 2.29. The molecule has 0 saturated carbocycles. The summed E-state index contributed by atoms with van der Waals surface area (Å²) in [7, 11) is 1.51. The van der Waals surface area contributed by atoms with Crippen molar-refractivity contribution in [3.05, 3.63) is 41.7 Å². The Balaban J connectivity index is 2.01.